The number of nitrogens with zero attached hydrogens (tertiary/aromatic N) is 2. The van der Waals surface area contributed by atoms with E-state index in [0.29, 0.717) is 29.9 Å². The van der Waals surface area contributed by atoms with Crippen LogP contribution in [-0.2, 0) is 10.0 Å². The Balaban J connectivity index is 1.43. The lowest BCUT2D eigenvalue weighted by atomic mass is 10.1. The minimum absolute atomic E-state index is 0.183. The standard InChI is InChI=1S/C19H18F2N2O4S2/c1-26-14-3-4-17-16(11-14)22-19(28-17)27-13-6-8-23(9-7-13)29(24,25)18-5-2-12(20)10-15(18)21/h2-5,10-11,13H,6-9H2,1H3. The van der Waals surface area contributed by atoms with E-state index < -0.39 is 26.6 Å². The van der Waals surface area contributed by atoms with Gasteiger partial charge in [-0.1, -0.05) is 11.3 Å². The highest BCUT2D eigenvalue weighted by molar-refractivity contribution is 7.89. The third-order valence-electron chi connectivity index (χ3n) is 4.76. The van der Waals surface area contributed by atoms with Gasteiger partial charge in [0.05, 0.1) is 17.3 Å². The Kier molecular flexibility index (Phi) is 5.41. The molecule has 1 aromatic heterocycles. The predicted molar refractivity (Wildman–Crippen MR) is 105 cm³/mol. The van der Waals surface area contributed by atoms with Crippen LogP contribution in [0.4, 0.5) is 8.78 Å². The van der Waals surface area contributed by atoms with Gasteiger partial charge in [-0.2, -0.15) is 4.31 Å². The molecular formula is C19H18F2N2O4S2. The van der Waals surface area contributed by atoms with Crippen LogP contribution in [-0.4, -0.2) is 44.0 Å². The number of hydrogen-bond donors (Lipinski definition) is 0. The molecule has 1 aliphatic heterocycles. The van der Waals surface area contributed by atoms with Gasteiger partial charge in [0.15, 0.2) is 0 Å². The van der Waals surface area contributed by atoms with E-state index in [1.54, 1.807) is 7.11 Å². The van der Waals surface area contributed by atoms with Gasteiger partial charge in [-0.05, 0) is 37.1 Å². The number of benzene rings is 2. The van der Waals surface area contributed by atoms with Crippen molar-refractivity contribution in [1.82, 2.24) is 9.29 Å². The Morgan fingerprint density at radius 1 is 1.14 bits per heavy atom. The number of thiazole rings is 1. The van der Waals surface area contributed by atoms with Gasteiger partial charge in [-0.25, -0.2) is 22.2 Å². The van der Waals surface area contributed by atoms with Crippen LogP contribution in [0.25, 0.3) is 10.2 Å². The van der Waals surface area contributed by atoms with Crippen LogP contribution in [0.2, 0.25) is 0 Å². The van der Waals surface area contributed by atoms with E-state index in [2.05, 4.69) is 4.98 Å². The summed E-state index contributed by atoms with van der Waals surface area (Å²) in [4.78, 5) is 3.93. The molecule has 154 valence electrons. The fraction of sp³-hybridized carbons (Fsp3) is 0.316. The van der Waals surface area contributed by atoms with Crippen molar-refractivity contribution in [3.8, 4) is 10.9 Å². The molecule has 4 rings (SSSR count). The topological polar surface area (TPSA) is 68.7 Å². The second-order valence-corrected chi connectivity index (χ2v) is 9.51. The molecule has 0 unspecified atom stereocenters. The summed E-state index contributed by atoms with van der Waals surface area (Å²) in [5, 5.41) is 0.513. The Morgan fingerprint density at radius 2 is 1.90 bits per heavy atom. The lowest BCUT2D eigenvalue weighted by Crippen LogP contribution is -2.42. The average Bonchev–Trinajstić information content (AvgIpc) is 3.09. The van der Waals surface area contributed by atoms with E-state index in [-0.39, 0.29) is 19.2 Å². The Morgan fingerprint density at radius 3 is 2.59 bits per heavy atom. The van der Waals surface area contributed by atoms with Crippen molar-refractivity contribution in [2.24, 2.45) is 0 Å². The number of methoxy groups -OCH3 is 1. The van der Waals surface area contributed by atoms with E-state index in [1.165, 1.54) is 15.6 Å². The lowest BCUT2D eigenvalue weighted by molar-refractivity contribution is 0.135. The summed E-state index contributed by atoms with van der Waals surface area (Å²) in [6.45, 7) is 0.366. The molecule has 0 saturated carbocycles. The highest BCUT2D eigenvalue weighted by atomic mass is 32.2. The van der Waals surface area contributed by atoms with Crippen molar-refractivity contribution < 1.29 is 26.7 Å². The number of aromatic nitrogens is 1. The molecule has 3 aromatic rings. The van der Waals surface area contributed by atoms with Crippen molar-refractivity contribution >= 4 is 31.6 Å². The van der Waals surface area contributed by atoms with Gasteiger partial charge in [0, 0.05) is 25.2 Å². The maximum absolute atomic E-state index is 13.9. The molecule has 6 nitrogen and oxygen atoms in total. The quantitative estimate of drug-likeness (QED) is 0.604. The summed E-state index contributed by atoms with van der Waals surface area (Å²) in [6.07, 6.45) is 0.699. The smallest absolute Gasteiger partial charge is 0.274 e. The highest BCUT2D eigenvalue weighted by Gasteiger charge is 2.32. The van der Waals surface area contributed by atoms with E-state index in [0.717, 1.165) is 22.3 Å². The van der Waals surface area contributed by atoms with Crippen LogP contribution in [0.3, 0.4) is 0 Å². The number of halogens is 2. The SMILES string of the molecule is COc1ccc2sc(OC3CCN(S(=O)(=O)c4ccc(F)cc4F)CC3)nc2c1. The summed E-state index contributed by atoms with van der Waals surface area (Å²) in [6, 6.07) is 8.05. The summed E-state index contributed by atoms with van der Waals surface area (Å²) in [5.41, 5.74) is 0.774. The number of rotatable bonds is 5. The molecule has 0 bridgehead atoms. The third kappa shape index (κ3) is 4.05. The molecule has 2 heterocycles. The van der Waals surface area contributed by atoms with Crippen LogP contribution >= 0.6 is 11.3 Å². The summed E-state index contributed by atoms with van der Waals surface area (Å²) < 4.78 is 65.6. The van der Waals surface area contributed by atoms with Gasteiger partial charge < -0.3 is 9.47 Å². The molecule has 0 amide bonds. The highest BCUT2D eigenvalue weighted by Crippen LogP contribution is 2.32. The Bertz CT molecular complexity index is 1140. The molecule has 0 radical (unpaired) electrons. The first-order valence-electron chi connectivity index (χ1n) is 8.93. The van der Waals surface area contributed by atoms with Crippen LogP contribution in [0.5, 0.6) is 10.9 Å². The maximum atomic E-state index is 13.9. The summed E-state index contributed by atoms with van der Waals surface area (Å²) in [5.74, 6) is -1.20. The normalized spacial score (nSPS) is 16.2. The molecule has 1 aliphatic rings. The molecule has 0 aliphatic carbocycles. The number of sulfonamides is 1. The fourth-order valence-corrected chi connectivity index (χ4v) is 5.60. The fourth-order valence-electron chi connectivity index (χ4n) is 3.22. The maximum Gasteiger partial charge on any atom is 0.274 e. The van der Waals surface area contributed by atoms with Gasteiger partial charge in [0.25, 0.3) is 5.19 Å². The molecule has 2 aromatic carbocycles. The zero-order valence-electron chi connectivity index (χ0n) is 15.5. The van der Waals surface area contributed by atoms with Crippen LogP contribution in [0.15, 0.2) is 41.3 Å². The first kappa shape index (κ1) is 20.0. The van der Waals surface area contributed by atoms with Crippen LogP contribution < -0.4 is 9.47 Å². The van der Waals surface area contributed by atoms with Gasteiger partial charge >= 0.3 is 0 Å². The third-order valence-corrected chi connectivity index (χ3v) is 7.61. The van der Waals surface area contributed by atoms with Gasteiger partial charge in [0.2, 0.25) is 10.0 Å². The molecule has 0 spiro atoms. The van der Waals surface area contributed by atoms with Crippen molar-refractivity contribution in [3.05, 3.63) is 48.0 Å². The Hall–Kier alpha value is -2.30. The number of ether oxygens (including phenoxy) is 2. The van der Waals surface area contributed by atoms with Crippen molar-refractivity contribution in [2.75, 3.05) is 20.2 Å². The second kappa shape index (κ2) is 7.85. The molecule has 10 heteroatoms. The molecular weight excluding hydrogens is 422 g/mol. The average molecular weight is 440 g/mol. The number of hydrogen-bond acceptors (Lipinski definition) is 6. The van der Waals surface area contributed by atoms with Crippen molar-refractivity contribution in [1.29, 1.82) is 0 Å². The predicted octanol–water partition coefficient (Wildman–Crippen LogP) is 3.82. The monoisotopic (exact) mass is 440 g/mol. The lowest BCUT2D eigenvalue weighted by Gasteiger charge is -2.30. The molecule has 1 saturated heterocycles. The number of piperidine rings is 1. The largest absolute Gasteiger partial charge is 0.497 e. The van der Waals surface area contributed by atoms with E-state index in [9.17, 15) is 17.2 Å². The summed E-state index contributed by atoms with van der Waals surface area (Å²) in [7, 11) is -2.44. The zero-order chi connectivity index (χ0) is 20.6. The van der Waals surface area contributed by atoms with Crippen molar-refractivity contribution in [2.45, 2.75) is 23.8 Å². The Labute approximate surface area is 170 Å². The van der Waals surface area contributed by atoms with Gasteiger partial charge in [-0.15, -0.1) is 0 Å². The minimum atomic E-state index is -4.02. The first-order chi connectivity index (χ1) is 13.9. The first-order valence-corrected chi connectivity index (χ1v) is 11.2. The molecule has 0 N–H and O–H groups in total. The second-order valence-electron chi connectivity index (χ2n) is 6.61. The van der Waals surface area contributed by atoms with Crippen molar-refractivity contribution in [3.63, 3.8) is 0 Å². The van der Waals surface area contributed by atoms with E-state index in [4.69, 9.17) is 9.47 Å². The zero-order valence-corrected chi connectivity index (χ0v) is 17.1. The minimum Gasteiger partial charge on any atom is -0.497 e. The van der Waals surface area contributed by atoms with Gasteiger partial charge in [-0.3, -0.25) is 0 Å². The molecule has 0 atom stereocenters. The van der Waals surface area contributed by atoms with Crippen LogP contribution in [0, 0.1) is 11.6 Å². The van der Waals surface area contributed by atoms with E-state index >= 15 is 0 Å². The van der Waals surface area contributed by atoms with Gasteiger partial charge in [0.1, 0.15) is 28.4 Å². The molecule has 1 fully saturated rings. The number of fused-ring (bicyclic) bond motifs is 1. The van der Waals surface area contributed by atoms with E-state index in [1.807, 2.05) is 18.2 Å². The summed E-state index contributed by atoms with van der Waals surface area (Å²) >= 11 is 1.41. The van der Waals surface area contributed by atoms with Crippen LogP contribution in [0.1, 0.15) is 12.8 Å². The molecule has 29 heavy (non-hydrogen) atoms.